The number of rotatable bonds is 5. The van der Waals surface area contributed by atoms with Gasteiger partial charge in [0.15, 0.2) is 5.65 Å². The largest absolute Gasteiger partial charge is 0.272 e. The third-order valence-corrected chi connectivity index (χ3v) is 5.63. The average Bonchev–Trinajstić information content (AvgIpc) is 3.22. The van der Waals surface area contributed by atoms with Crippen LogP contribution < -0.4 is 10.9 Å². The third kappa shape index (κ3) is 4.50. The van der Waals surface area contributed by atoms with Crippen LogP contribution in [0.15, 0.2) is 76.6 Å². The molecule has 2 heterocycles. The Balaban J connectivity index is 1.39. The van der Waals surface area contributed by atoms with Gasteiger partial charge in [0.25, 0.3) is 5.91 Å². The Bertz CT molecular complexity index is 1200. The average molecular weight is 483 g/mol. The Labute approximate surface area is 184 Å². The van der Waals surface area contributed by atoms with E-state index >= 15 is 0 Å². The number of hydrazine groups is 1. The number of nitrogens with one attached hydrogen (secondary N) is 2. The lowest BCUT2D eigenvalue weighted by Gasteiger charge is -2.07. The molecule has 0 bridgehead atoms. The van der Waals surface area contributed by atoms with E-state index in [4.69, 9.17) is 0 Å². The van der Waals surface area contributed by atoms with Crippen molar-refractivity contribution in [2.45, 2.75) is 5.03 Å². The molecule has 0 aliphatic heterocycles. The van der Waals surface area contributed by atoms with Gasteiger partial charge >= 0.3 is 0 Å². The summed E-state index contributed by atoms with van der Waals surface area (Å²) in [6.45, 7) is 0. The predicted molar refractivity (Wildman–Crippen MR) is 117 cm³/mol. The van der Waals surface area contributed by atoms with E-state index < -0.39 is 5.91 Å². The second-order valence-electron chi connectivity index (χ2n) is 6.11. The fraction of sp³-hybridized carbons (Fsp3) is 0.0500. The first-order chi connectivity index (χ1) is 14.6. The van der Waals surface area contributed by atoms with Gasteiger partial charge in [0.1, 0.15) is 11.4 Å². The molecule has 2 aromatic heterocycles. The van der Waals surface area contributed by atoms with Crippen molar-refractivity contribution in [2.75, 3.05) is 5.75 Å². The van der Waals surface area contributed by atoms with Gasteiger partial charge in [0.05, 0.1) is 23.0 Å². The van der Waals surface area contributed by atoms with E-state index in [1.54, 1.807) is 35.1 Å². The summed E-state index contributed by atoms with van der Waals surface area (Å²) in [6, 6.07) is 16.5. The highest BCUT2D eigenvalue weighted by Crippen LogP contribution is 2.25. The Morgan fingerprint density at radius 1 is 1.00 bits per heavy atom. The predicted octanol–water partition coefficient (Wildman–Crippen LogP) is 3.13. The summed E-state index contributed by atoms with van der Waals surface area (Å²) in [5.74, 6) is -0.675. The van der Waals surface area contributed by atoms with Crippen molar-refractivity contribution in [3.8, 4) is 5.69 Å². The normalized spacial score (nSPS) is 10.7. The molecular weight excluding hydrogens is 468 g/mol. The SMILES string of the molecule is O=C(CSc1ncnc2c1cnn2-c1ccccc1)NNC(=O)c1ccc(Br)cc1. The van der Waals surface area contributed by atoms with Crippen molar-refractivity contribution in [3.05, 3.63) is 77.2 Å². The van der Waals surface area contributed by atoms with Gasteiger partial charge in [-0.15, -0.1) is 0 Å². The molecule has 8 nitrogen and oxygen atoms in total. The van der Waals surface area contributed by atoms with Crippen LogP contribution in [-0.2, 0) is 4.79 Å². The fourth-order valence-electron chi connectivity index (χ4n) is 2.67. The van der Waals surface area contributed by atoms with Crippen LogP contribution in [0.1, 0.15) is 10.4 Å². The van der Waals surface area contributed by atoms with Gasteiger partial charge in [0.2, 0.25) is 5.91 Å². The molecule has 0 unspecified atom stereocenters. The van der Waals surface area contributed by atoms with Gasteiger partial charge in [0, 0.05) is 10.0 Å². The molecule has 10 heteroatoms. The number of aromatic nitrogens is 4. The van der Waals surface area contributed by atoms with E-state index in [0.717, 1.165) is 15.5 Å². The molecule has 2 amide bonds. The summed E-state index contributed by atoms with van der Waals surface area (Å²) in [5, 5.41) is 5.78. The van der Waals surface area contributed by atoms with Crippen LogP contribution in [0.25, 0.3) is 16.7 Å². The monoisotopic (exact) mass is 482 g/mol. The topological polar surface area (TPSA) is 102 Å². The first kappa shape index (κ1) is 20.0. The number of thioether (sulfide) groups is 1. The lowest BCUT2D eigenvalue weighted by molar-refractivity contribution is -0.119. The number of nitrogens with zero attached hydrogens (tertiary/aromatic N) is 4. The molecule has 0 saturated heterocycles. The van der Waals surface area contributed by atoms with Gasteiger partial charge in [-0.3, -0.25) is 20.4 Å². The van der Waals surface area contributed by atoms with Crippen LogP contribution in [0.3, 0.4) is 0 Å². The van der Waals surface area contributed by atoms with Gasteiger partial charge < -0.3 is 0 Å². The highest BCUT2D eigenvalue weighted by molar-refractivity contribution is 9.10. The van der Waals surface area contributed by atoms with E-state index in [9.17, 15) is 9.59 Å². The van der Waals surface area contributed by atoms with Gasteiger partial charge in [-0.2, -0.15) is 5.10 Å². The number of para-hydroxylation sites is 1. The van der Waals surface area contributed by atoms with E-state index in [1.165, 1.54) is 18.1 Å². The van der Waals surface area contributed by atoms with Crippen molar-refractivity contribution in [1.82, 2.24) is 30.6 Å². The van der Waals surface area contributed by atoms with E-state index in [0.29, 0.717) is 16.2 Å². The summed E-state index contributed by atoms with van der Waals surface area (Å²) in [5.41, 5.74) is 6.79. The maximum atomic E-state index is 12.2. The number of carbonyl (C=O) groups is 2. The summed E-state index contributed by atoms with van der Waals surface area (Å²) < 4.78 is 2.59. The molecule has 0 fully saturated rings. The Morgan fingerprint density at radius 2 is 1.77 bits per heavy atom. The van der Waals surface area contributed by atoms with Crippen molar-refractivity contribution in [2.24, 2.45) is 0 Å². The number of hydrogen-bond donors (Lipinski definition) is 2. The number of halogens is 1. The first-order valence-corrected chi connectivity index (χ1v) is 10.6. The summed E-state index contributed by atoms with van der Waals surface area (Å²) in [7, 11) is 0. The highest BCUT2D eigenvalue weighted by Gasteiger charge is 2.13. The molecule has 0 spiro atoms. The lowest BCUT2D eigenvalue weighted by atomic mass is 10.2. The van der Waals surface area contributed by atoms with Crippen LogP contribution in [0, 0.1) is 0 Å². The molecule has 4 aromatic rings. The first-order valence-electron chi connectivity index (χ1n) is 8.83. The zero-order valence-corrected chi connectivity index (χ0v) is 17.9. The molecule has 0 aliphatic carbocycles. The Morgan fingerprint density at radius 3 is 2.53 bits per heavy atom. The van der Waals surface area contributed by atoms with Crippen LogP contribution >= 0.6 is 27.7 Å². The molecular formula is C20H15BrN6O2S. The summed E-state index contributed by atoms with van der Waals surface area (Å²) >= 11 is 4.55. The quantitative estimate of drug-likeness (QED) is 0.257. The fourth-order valence-corrected chi connectivity index (χ4v) is 3.69. The van der Waals surface area contributed by atoms with Crippen molar-refractivity contribution < 1.29 is 9.59 Å². The molecule has 30 heavy (non-hydrogen) atoms. The van der Waals surface area contributed by atoms with Crippen LogP contribution in [-0.4, -0.2) is 37.3 Å². The van der Waals surface area contributed by atoms with Crippen LogP contribution in [0.5, 0.6) is 0 Å². The maximum absolute atomic E-state index is 12.2. The van der Waals surface area contributed by atoms with E-state index in [2.05, 4.69) is 41.8 Å². The lowest BCUT2D eigenvalue weighted by Crippen LogP contribution is -2.42. The minimum absolute atomic E-state index is 0.0727. The number of hydrogen-bond acceptors (Lipinski definition) is 6. The van der Waals surface area contributed by atoms with Crippen LogP contribution in [0.4, 0.5) is 0 Å². The number of fused-ring (bicyclic) bond motifs is 1. The molecule has 0 radical (unpaired) electrons. The summed E-state index contributed by atoms with van der Waals surface area (Å²) in [6.07, 6.45) is 3.12. The van der Waals surface area contributed by atoms with E-state index in [1.807, 2.05) is 30.3 Å². The van der Waals surface area contributed by atoms with Gasteiger partial charge in [-0.05, 0) is 36.4 Å². The van der Waals surface area contributed by atoms with Gasteiger partial charge in [-0.1, -0.05) is 45.9 Å². The standard InChI is InChI=1S/C20H15BrN6O2S/c21-14-8-6-13(7-9-14)19(29)26-25-17(28)11-30-20-16-10-24-27(18(16)22-12-23-20)15-4-2-1-3-5-15/h1-10,12H,11H2,(H,25,28)(H,26,29). The van der Waals surface area contributed by atoms with Gasteiger partial charge in [-0.25, -0.2) is 14.6 Å². The minimum atomic E-state index is -0.394. The number of amides is 2. The van der Waals surface area contributed by atoms with Crippen LogP contribution in [0.2, 0.25) is 0 Å². The molecule has 150 valence electrons. The smallest absolute Gasteiger partial charge is 0.269 e. The molecule has 2 aromatic carbocycles. The van der Waals surface area contributed by atoms with Crippen molar-refractivity contribution >= 4 is 50.5 Å². The maximum Gasteiger partial charge on any atom is 0.269 e. The Kier molecular flexibility index (Phi) is 6.05. The van der Waals surface area contributed by atoms with E-state index in [-0.39, 0.29) is 11.7 Å². The zero-order valence-electron chi connectivity index (χ0n) is 15.4. The zero-order chi connectivity index (χ0) is 20.9. The second-order valence-corrected chi connectivity index (χ2v) is 7.99. The molecule has 0 atom stereocenters. The molecule has 2 N–H and O–H groups in total. The molecule has 0 aliphatic rings. The summed E-state index contributed by atoms with van der Waals surface area (Å²) in [4.78, 5) is 32.8. The second kappa shape index (κ2) is 9.06. The minimum Gasteiger partial charge on any atom is -0.272 e. The van der Waals surface area contributed by atoms with Crippen molar-refractivity contribution in [1.29, 1.82) is 0 Å². The molecule has 0 saturated carbocycles. The Hall–Kier alpha value is -3.24. The highest BCUT2D eigenvalue weighted by atomic mass is 79.9. The molecule has 4 rings (SSSR count). The third-order valence-electron chi connectivity index (χ3n) is 4.09. The number of carbonyl (C=O) groups excluding carboxylic acids is 2. The van der Waals surface area contributed by atoms with Crippen molar-refractivity contribution in [3.63, 3.8) is 0 Å². The number of benzene rings is 2.